The molecule has 1 fully saturated rings. The fraction of sp³-hybridized carbons (Fsp3) is 0.182. The monoisotopic (exact) mass is 458 g/mol. The van der Waals surface area contributed by atoms with Crippen LogP contribution in [0.1, 0.15) is 12.5 Å². The van der Waals surface area contributed by atoms with E-state index in [1.165, 1.54) is 44.4 Å². The van der Waals surface area contributed by atoms with E-state index in [0.717, 1.165) is 16.7 Å². The second-order valence-electron chi connectivity index (χ2n) is 6.66. The van der Waals surface area contributed by atoms with Gasteiger partial charge in [0.05, 0.1) is 12.0 Å². The van der Waals surface area contributed by atoms with Crippen LogP contribution in [0, 0.1) is 5.82 Å². The highest BCUT2D eigenvalue weighted by atomic mass is 32.2. The number of nitrogens with zero attached hydrogens (tertiary/aromatic N) is 1. The number of amides is 3. The number of carbonyl (C=O) groups is 4. The van der Waals surface area contributed by atoms with Crippen molar-refractivity contribution < 1.29 is 33.0 Å². The lowest BCUT2D eigenvalue weighted by Crippen LogP contribution is -2.42. The lowest BCUT2D eigenvalue weighted by molar-refractivity contribution is -0.148. The van der Waals surface area contributed by atoms with Crippen LogP contribution in [0.5, 0.6) is 5.75 Å². The maximum Gasteiger partial charge on any atom is 0.328 e. The summed E-state index contributed by atoms with van der Waals surface area (Å²) in [4.78, 5) is 49.3. The van der Waals surface area contributed by atoms with Crippen LogP contribution < -0.4 is 10.1 Å². The van der Waals surface area contributed by atoms with Gasteiger partial charge in [-0.3, -0.25) is 19.3 Å². The summed E-state index contributed by atoms with van der Waals surface area (Å²) in [6.07, 6.45) is 1.53. The Hall–Kier alpha value is -3.66. The molecule has 1 N–H and O–H groups in total. The maximum absolute atomic E-state index is 12.9. The number of hydrogen-bond donors (Lipinski definition) is 1. The summed E-state index contributed by atoms with van der Waals surface area (Å²) in [5.41, 5.74) is 1.08. The van der Waals surface area contributed by atoms with E-state index >= 15 is 0 Å². The summed E-state index contributed by atoms with van der Waals surface area (Å²) >= 11 is 0.736. The molecule has 1 atom stereocenters. The number of carbonyl (C=O) groups excluding carboxylic acids is 4. The topological polar surface area (TPSA) is 102 Å². The summed E-state index contributed by atoms with van der Waals surface area (Å²) in [5.74, 6) is -1.64. The fourth-order valence-corrected chi connectivity index (χ4v) is 3.69. The minimum Gasteiger partial charge on any atom is -0.484 e. The molecule has 10 heteroatoms. The van der Waals surface area contributed by atoms with Crippen molar-refractivity contribution in [1.29, 1.82) is 0 Å². The number of hydrogen-bond acceptors (Lipinski definition) is 7. The van der Waals surface area contributed by atoms with E-state index in [0.29, 0.717) is 17.0 Å². The van der Waals surface area contributed by atoms with E-state index in [1.807, 2.05) is 0 Å². The number of ether oxygens (including phenoxy) is 2. The first kappa shape index (κ1) is 23.0. The van der Waals surface area contributed by atoms with Crippen LogP contribution in [0.3, 0.4) is 0 Å². The van der Waals surface area contributed by atoms with Crippen LogP contribution in [-0.2, 0) is 19.1 Å². The Balaban J connectivity index is 1.58. The predicted octanol–water partition coefficient (Wildman–Crippen LogP) is 3.44. The van der Waals surface area contributed by atoms with Crippen LogP contribution in [0.4, 0.5) is 14.9 Å². The van der Waals surface area contributed by atoms with E-state index in [1.54, 1.807) is 24.3 Å². The number of esters is 1. The number of halogens is 1. The van der Waals surface area contributed by atoms with Crippen molar-refractivity contribution in [1.82, 2.24) is 4.90 Å². The Kier molecular flexibility index (Phi) is 7.26. The van der Waals surface area contributed by atoms with Crippen molar-refractivity contribution in [2.75, 3.05) is 19.0 Å². The van der Waals surface area contributed by atoms with Gasteiger partial charge in [-0.1, -0.05) is 12.1 Å². The highest BCUT2D eigenvalue weighted by Crippen LogP contribution is 2.34. The summed E-state index contributed by atoms with van der Waals surface area (Å²) in [6, 6.07) is 10.9. The quantitative estimate of drug-likeness (QED) is 0.501. The standard InChI is InChI=1S/C22H19FN2O6S/c1-13(21(28)30-2)25-20(27)18(32-22(25)29)11-14-3-9-17(10-4-14)31-12-19(26)24-16-7-5-15(23)6-8-16/h3-11,13H,12H2,1-2H3,(H,24,26)/b18-11+/t13-/m0/s1. The second kappa shape index (κ2) is 10.1. The SMILES string of the molecule is COC(=O)[C@H](C)N1C(=O)S/C(=C/c2ccc(OCC(=O)Nc3ccc(F)cc3)cc2)C1=O. The third-order valence-electron chi connectivity index (χ3n) is 4.43. The third-order valence-corrected chi connectivity index (χ3v) is 5.31. The molecule has 2 aromatic rings. The Labute approximate surface area is 187 Å². The summed E-state index contributed by atoms with van der Waals surface area (Å²) < 4.78 is 22.9. The lowest BCUT2D eigenvalue weighted by Gasteiger charge is -2.18. The van der Waals surface area contributed by atoms with Gasteiger partial charge in [-0.15, -0.1) is 0 Å². The van der Waals surface area contributed by atoms with Crippen molar-refractivity contribution in [3.05, 3.63) is 64.8 Å². The number of imide groups is 1. The largest absolute Gasteiger partial charge is 0.484 e. The average Bonchev–Trinajstić information content (AvgIpc) is 3.06. The predicted molar refractivity (Wildman–Crippen MR) is 116 cm³/mol. The number of nitrogens with one attached hydrogen (secondary N) is 1. The minimum atomic E-state index is -1.02. The van der Waals surface area contributed by atoms with Crippen molar-refractivity contribution in [2.24, 2.45) is 0 Å². The fourth-order valence-electron chi connectivity index (χ4n) is 2.78. The molecule has 0 spiro atoms. The first-order chi connectivity index (χ1) is 15.3. The van der Waals surface area contributed by atoms with Gasteiger partial charge in [0.25, 0.3) is 17.1 Å². The molecule has 1 heterocycles. The Morgan fingerprint density at radius 3 is 2.41 bits per heavy atom. The molecule has 3 amide bonds. The molecule has 32 heavy (non-hydrogen) atoms. The van der Waals surface area contributed by atoms with E-state index in [4.69, 9.17) is 4.74 Å². The molecule has 0 aromatic heterocycles. The zero-order chi connectivity index (χ0) is 23.3. The van der Waals surface area contributed by atoms with Gasteiger partial charge in [0, 0.05) is 5.69 Å². The molecule has 0 radical (unpaired) electrons. The highest BCUT2D eigenvalue weighted by molar-refractivity contribution is 8.18. The van der Waals surface area contributed by atoms with Gasteiger partial charge in [-0.2, -0.15) is 0 Å². The normalized spacial score (nSPS) is 15.6. The maximum atomic E-state index is 12.9. The Morgan fingerprint density at radius 2 is 1.78 bits per heavy atom. The van der Waals surface area contributed by atoms with Crippen LogP contribution in [0.2, 0.25) is 0 Å². The molecule has 0 aliphatic carbocycles. The van der Waals surface area contributed by atoms with Crippen molar-refractivity contribution in [2.45, 2.75) is 13.0 Å². The molecule has 3 rings (SSSR count). The van der Waals surface area contributed by atoms with Crippen LogP contribution >= 0.6 is 11.8 Å². The van der Waals surface area contributed by atoms with Crippen LogP contribution in [0.15, 0.2) is 53.4 Å². The van der Waals surface area contributed by atoms with Gasteiger partial charge < -0.3 is 14.8 Å². The molecule has 2 aromatic carbocycles. The van der Waals surface area contributed by atoms with Gasteiger partial charge in [0.2, 0.25) is 0 Å². The number of anilines is 1. The zero-order valence-electron chi connectivity index (χ0n) is 17.2. The highest BCUT2D eigenvalue weighted by Gasteiger charge is 2.41. The third kappa shape index (κ3) is 5.52. The van der Waals surface area contributed by atoms with Crippen LogP contribution in [-0.4, -0.2) is 47.7 Å². The summed E-state index contributed by atoms with van der Waals surface area (Å²) in [7, 11) is 1.18. The van der Waals surface area contributed by atoms with Gasteiger partial charge in [-0.05, 0) is 66.7 Å². The van der Waals surface area contributed by atoms with E-state index in [2.05, 4.69) is 10.1 Å². The summed E-state index contributed by atoms with van der Waals surface area (Å²) in [6.45, 7) is 1.17. The van der Waals surface area contributed by atoms with Crippen molar-refractivity contribution in [3.8, 4) is 5.75 Å². The molecule has 1 aliphatic heterocycles. The minimum absolute atomic E-state index is 0.179. The molecule has 0 bridgehead atoms. The second-order valence-corrected chi connectivity index (χ2v) is 7.66. The van der Waals surface area contributed by atoms with Gasteiger partial charge in [0.1, 0.15) is 17.6 Å². The van der Waals surface area contributed by atoms with Gasteiger partial charge in [0.15, 0.2) is 6.61 Å². The number of benzene rings is 2. The smallest absolute Gasteiger partial charge is 0.328 e. The number of thioether (sulfide) groups is 1. The van der Waals surface area contributed by atoms with Gasteiger partial charge in [-0.25, -0.2) is 9.18 Å². The first-order valence-electron chi connectivity index (χ1n) is 9.41. The molecule has 1 aliphatic rings. The molecule has 8 nitrogen and oxygen atoms in total. The molecule has 0 unspecified atom stereocenters. The average molecular weight is 458 g/mol. The molecule has 1 saturated heterocycles. The van der Waals surface area contributed by atoms with E-state index in [9.17, 15) is 23.6 Å². The number of methoxy groups -OCH3 is 1. The Morgan fingerprint density at radius 1 is 1.12 bits per heavy atom. The number of rotatable bonds is 7. The van der Waals surface area contributed by atoms with E-state index in [-0.39, 0.29) is 11.5 Å². The molecular weight excluding hydrogens is 439 g/mol. The molecule has 0 saturated carbocycles. The first-order valence-corrected chi connectivity index (χ1v) is 10.2. The van der Waals surface area contributed by atoms with Crippen molar-refractivity contribution in [3.63, 3.8) is 0 Å². The van der Waals surface area contributed by atoms with Crippen molar-refractivity contribution >= 4 is 46.5 Å². The van der Waals surface area contributed by atoms with E-state index < -0.39 is 34.9 Å². The van der Waals surface area contributed by atoms with Gasteiger partial charge >= 0.3 is 5.97 Å². The Bertz CT molecular complexity index is 1070. The molecular formula is C22H19FN2O6S. The van der Waals surface area contributed by atoms with Crippen LogP contribution in [0.25, 0.3) is 6.08 Å². The summed E-state index contributed by atoms with van der Waals surface area (Å²) in [5, 5.41) is 2.03. The zero-order valence-corrected chi connectivity index (χ0v) is 18.0. The lowest BCUT2D eigenvalue weighted by atomic mass is 10.2. The molecule has 166 valence electrons.